The maximum atomic E-state index is 13.6. The third-order valence-corrected chi connectivity index (χ3v) is 6.02. The van der Waals surface area contributed by atoms with Gasteiger partial charge >= 0.3 is 0 Å². The Morgan fingerprint density at radius 3 is 2.47 bits per heavy atom. The summed E-state index contributed by atoms with van der Waals surface area (Å²) in [5.41, 5.74) is -0.650. The van der Waals surface area contributed by atoms with E-state index in [1.54, 1.807) is 38.4 Å². The number of rotatable bonds is 7. The van der Waals surface area contributed by atoms with Gasteiger partial charge in [-0.05, 0) is 37.1 Å². The molecule has 0 unspecified atom stereocenters. The molecule has 1 saturated carbocycles. The summed E-state index contributed by atoms with van der Waals surface area (Å²) in [5.74, 6) is -0.104. The van der Waals surface area contributed by atoms with Gasteiger partial charge in [0, 0.05) is 14.1 Å². The van der Waals surface area contributed by atoms with Gasteiger partial charge in [0.05, 0.1) is 30.1 Å². The van der Waals surface area contributed by atoms with Crippen molar-refractivity contribution in [3.05, 3.63) is 68.6 Å². The first-order chi connectivity index (χ1) is 17.4. The lowest BCUT2D eigenvalue weighted by Gasteiger charge is -2.25. The molecule has 4 rings (SSSR count). The predicted molar refractivity (Wildman–Crippen MR) is 140 cm³/mol. The van der Waals surface area contributed by atoms with E-state index >= 15 is 0 Å². The lowest BCUT2D eigenvalue weighted by atomic mass is 9.95. The van der Waals surface area contributed by atoms with Gasteiger partial charge in [0.25, 0.3) is 17.0 Å². The van der Waals surface area contributed by atoms with E-state index in [9.17, 15) is 19.5 Å². The molecule has 1 aliphatic rings. The van der Waals surface area contributed by atoms with Crippen LogP contribution >= 0.6 is 0 Å². The SMILES string of the molecule is CC.CN(C)C(=O)c1cccc(Nc2c(NCc3ccco3)c(=O)[nH]n(C3CCCCC3)c2=O)c1O. The number of hydrogen-bond donors (Lipinski definition) is 4. The first-order valence-corrected chi connectivity index (χ1v) is 12.3. The molecule has 194 valence electrons. The van der Waals surface area contributed by atoms with Gasteiger partial charge in [-0.1, -0.05) is 39.2 Å². The number of benzene rings is 1. The summed E-state index contributed by atoms with van der Waals surface area (Å²) >= 11 is 0. The van der Waals surface area contributed by atoms with Crippen LogP contribution in [0.4, 0.5) is 17.1 Å². The molecule has 1 aliphatic carbocycles. The standard InChI is InChI=1S/C24H29N5O5.C2H6/c1-28(2)23(32)17-11-6-12-18(21(17)30)26-20-19(25-14-16-10-7-13-34-16)22(31)27-29(24(20)33)15-8-4-3-5-9-15;1-2/h6-7,10-13,15,25-26,30H,3-5,8-9,14H2,1-2H3,(H,27,31);1-2H3. The molecular formula is C26H35N5O5. The molecule has 1 aromatic carbocycles. The number of amides is 1. The zero-order valence-electron chi connectivity index (χ0n) is 21.3. The minimum Gasteiger partial charge on any atom is -0.505 e. The minimum atomic E-state index is -0.473. The van der Waals surface area contributed by atoms with Crippen molar-refractivity contribution in [1.82, 2.24) is 14.7 Å². The quantitative estimate of drug-likeness (QED) is 0.355. The molecule has 0 atom stereocenters. The van der Waals surface area contributed by atoms with Crippen LogP contribution in [0.15, 0.2) is 50.6 Å². The Hall–Kier alpha value is -3.95. The molecule has 3 aromatic rings. The highest BCUT2D eigenvalue weighted by Crippen LogP contribution is 2.32. The van der Waals surface area contributed by atoms with E-state index in [-0.39, 0.29) is 46.9 Å². The van der Waals surface area contributed by atoms with E-state index < -0.39 is 11.1 Å². The Morgan fingerprint density at radius 1 is 1.11 bits per heavy atom. The largest absolute Gasteiger partial charge is 0.505 e. The summed E-state index contributed by atoms with van der Waals surface area (Å²) in [4.78, 5) is 40.4. The number of H-pyrrole nitrogens is 1. The average molecular weight is 498 g/mol. The number of aromatic hydroxyl groups is 1. The van der Waals surface area contributed by atoms with Crippen molar-refractivity contribution in [2.24, 2.45) is 0 Å². The topological polar surface area (TPSA) is 133 Å². The zero-order valence-corrected chi connectivity index (χ0v) is 21.3. The summed E-state index contributed by atoms with van der Waals surface area (Å²) in [6.07, 6.45) is 6.18. The highest BCUT2D eigenvalue weighted by atomic mass is 16.3. The van der Waals surface area contributed by atoms with E-state index in [4.69, 9.17) is 4.42 Å². The molecule has 4 N–H and O–H groups in total. The number of carbonyl (C=O) groups excluding carboxylic acids is 1. The number of hydrogen-bond acceptors (Lipinski definition) is 7. The highest BCUT2D eigenvalue weighted by Gasteiger charge is 2.24. The Balaban J connectivity index is 0.00000176. The minimum absolute atomic E-state index is 0.00867. The van der Waals surface area contributed by atoms with Crippen LogP contribution in [-0.4, -0.2) is 39.8 Å². The number of aromatic nitrogens is 2. The van der Waals surface area contributed by atoms with Crippen molar-refractivity contribution in [3.8, 4) is 5.75 Å². The average Bonchev–Trinajstić information content (AvgIpc) is 3.41. The number of aromatic amines is 1. The molecule has 0 bridgehead atoms. The predicted octanol–water partition coefficient (Wildman–Crippen LogP) is 4.42. The lowest BCUT2D eigenvalue weighted by molar-refractivity contribution is 0.0824. The second-order valence-corrected chi connectivity index (χ2v) is 8.62. The van der Waals surface area contributed by atoms with E-state index in [1.807, 2.05) is 13.8 Å². The van der Waals surface area contributed by atoms with E-state index in [2.05, 4.69) is 15.7 Å². The van der Waals surface area contributed by atoms with Crippen molar-refractivity contribution < 1.29 is 14.3 Å². The molecule has 0 aliphatic heterocycles. The van der Waals surface area contributed by atoms with Crippen LogP contribution in [0.5, 0.6) is 5.75 Å². The summed E-state index contributed by atoms with van der Waals surface area (Å²) in [6, 6.07) is 8.01. The monoisotopic (exact) mass is 497 g/mol. The third-order valence-electron chi connectivity index (χ3n) is 6.02. The first kappa shape index (κ1) is 26.7. The summed E-state index contributed by atoms with van der Waals surface area (Å²) in [6.45, 7) is 4.18. The molecule has 2 aromatic heterocycles. The van der Waals surface area contributed by atoms with Gasteiger partial charge < -0.3 is 25.1 Å². The van der Waals surface area contributed by atoms with Crippen LogP contribution in [-0.2, 0) is 6.54 Å². The molecule has 36 heavy (non-hydrogen) atoms. The summed E-state index contributed by atoms with van der Waals surface area (Å²) in [7, 11) is 3.16. The number of phenols is 1. The fraction of sp³-hybridized carbons (Fsp3) is 0.423. The van der Waals surface area contributed by atoms with Crippen LogP contribution in [0.1, 0.15) is 68.1 Å². The smallest absolute Gasteiger partial charge is 0.291 e. The molecule has 1 amide bonds. The Morgan fingerprint density at radius 2 is 1.83 bits per heavy atom. The summed E-state index contributed by atoms with van der Waals surface area (Å²) < 4.78 is 6.71. The van der Waals surface area contributed by atoms with Crippen molar-refractivity contribution in [2.75, 3.05) is 24.7 Å². The number of para-hydroxylation sites is 1. The van der Waals surface area contributed by atoms with Gasteiger partial charge in [-0.15, -0.1) is 0 Å². The van der Waals surface area contributed by atoms with Crippen LogP contribution in [0.2, 0.25) is 0 Å². The number of anilines is 3. The van der Waals surface area contributed by atoms with E-state index in [0.717, 1.165) is 32.1 Å². The molecule has 0 spiro atoms. The normalized spacial score (nSPS) is 13.4. The molecule has 10 nitrogen and oxygen atoms in total. The Labute approximate surface area is 209 Å². The van der Waals surface area contributed by atoms with Crippen LogP contribution in [0.3, 0.4) is 0 Å². The first-order valence-electron chi connectivity index (χ1n) is 12.3. The fourth-order valence-corrected chi connectivity index (χ4v) is 4.22. The third kappa shape index (κ3) is 5.81. The van der Waals surface area contributed by atoms with Gasteiger partial charge in [-0.25, -0.2) is 4.68 Å². The number of nitrogens with one attached hydrogen (secondary N) is 3. The lowest BCUT2D eigenvalue weighted by Crippen LogP contribution is -2.36. The molecule has 10 heteroatoms. The van der Waals surface area contributed by atoms with Gasteiger partial charge in [-0.3, -0.25) is 19.5 Å². The maximum absolute atomic E-state index is 13.6. The van der Waals surface area contributed by atoms with Crippen molar-refractivity contribution >= 4 is 23.0 Å². The number of phenolic OH excluding ortho intramolecular Hbond substituents is 1. The molecule has 0 radical (unpaired) electrons. The summed E-state index contributed by atoms with van der Waals surface area (Å²) in [5, 5.41) is 19.4. The number of nitrogens with zero attached hydrogens (tertiary/aromatic N) is 2. The van der Waals surface area contributed by atoms with Gasteiger partial charge in [0.15, 0.2) is 5.75 Å². The molecular weight excluding hydrogens is 462 g/mol. The van der Waals surface area contributed by atoms with E-state index in [0.29, 0.717) is 5.76 Å². The van der Waals surface area contributed by atoms with Crippen molar-refractivity contribution in [2.45, 2.75) is 58.5 Å². The number of carbonyl (C=O) groups is 1. The number of furan rings is 1. The van der Waals surface area contributed by atoms with Crippen LogP contribution in [0.25, 0.3) is 0 Å². The Bertz CT molecular complexity index is 1270. The second-order valence-electron chi connectivity index (χ2n) is 8.62. The van der Waals surface area contributed by atoms with Gasteiger partial charge in [-0.2, -0.15) is 0 Å². The van der Waals surface area contributed by atoms with Crippen LogP contribution in [0, 0.1) is 0 Å². The van der Waals surface area contributed by atoms with Gasteiger partial charge in [0.2, 0.25) is 0 Å². The zero-order chi connectivity index (χ0) is 26.2. The van der Waals surface area contributed by atoms with Crippen molar-refractivity contribution in [1.29, 1.82) is 0 Å². The Kier molecular flexibility index (Phi) is 8.99. The highest BCUT2D eigenvalue weighted by molar-refractivity contribution is 5.98. The molecule has 1 fully saturated rings. The van der Waals surface area contributed by atoms with Gasteiger partial charge in [0.1, 0.15) is 17.1 Å². The van der Waals surface area contributed by atoms with Crippen LogP contribution < -0.4 is 21.8 Å². The molecule has 2 heterocycles. The maximum Gasteiger partial charge on any atom is 0.291 e. The fourth-order valence-electron chi connectivity index (χ4n) is 4.22. The second kappa shape index (κ2) is 12.1. The van der Waals surface area contributed by atoms with E-state index in [1.165, 1.54) is 21.9 Å². The molecule has 0 saturated heterocycles. The van der Waals surface area contributed by atoms with Crippen molar-refractivity contribution in [3.63, 3.8) is 0 Å².